The molecule has 0 bridgehead atoms. The highest BCUT2D eigenvalue weighted by atomic mass is 35.5. The van der Waals surface area contributed by atoms with Gasteiger partial charge >= 0.3 is 0 Å². The van der Waals surface area contributed by atoms with Gasteiger partial charge in [-0.3, -0.25) is 14.5 Å². The van der Waals surface area contributed by atoms with Gasteiger partial charge in [-0.15, -0.1) is 0 Å². The minimum Gasteiger partial charge on any atom is -0.376 e. The summed E-state index contributed by atoms with van der Waals surface area (Å²) in [6, 6.07) is 4.13. The zero-order valence-electron chi connectivity index (χ0n) is 16.0. The third-order valence-electron chi connectivity index (χ3n) is 4.97. The minimum absolute atomic E-state index is 0.000109. The monoisotopic (exact) mass is 410 g/mol. The van der Waals surface area contributed by atoms with Crippen molar-refractivity contribution in [2.45, 2.75) is 31.9 Å². The molecule has 1 saturated heterocycles. The molecular formula is C19H24ClFN4O3. The number of hydrazone groups is 1. The summed E-state index contributed by atoms with van der Waals surface area (Å²) in [5.74, 6) is -0.904. The van der Waals surface area contributed by atoms with Crippen LogP contribution in [0.4, 0.5) is 4.39 Å². The molecule has 0 radical (unpaired) electrons. The standard InChI is InChI=1S/C19H24ClFN4O3/c1-12-11-25(8-9-28-12)16(18-13(20)4-3-5-14(18)21)10-22-19(27)15-6-7-17(26)24(2)23-15/h3-5,12,16H,6-11H2,1-2H3,(H,22,27)/t12-,16+/m0/s1. The second-order valence-corrected chi connectivity index (χ2v) is 7.41. The lowest BCUT2D eigenvalue weighted by molar-refractivity contribution is -0.130. The van der Waals surface area contributed by atoms with E-state index in [4.69, 9.17) is 16.3 Å². The van der Waals surface area contributed by atoms with E-state index in [2.05, 4.69) is 15.3 Å². The molecule has 1 N–H and O–H groups in total. The molecular weight excluding hydrogens is 387 g/mol. The first-order valence-electron chi connectivity index (χ1n) is 9.28. The van der Waals surface area contributed by atoms with Crippen molar-refractivity contribution < 1.29 is 18.7 Å². The number of benzene rings is 1. The molecule has 1 fully saturated rings. The van der Waals surface area contributed by atoms with Gasteiger partial charge in [0.1, 0.15) is 11.5 Å². The lowest BCUT2D eigenvalue weighted by atomic mass is 10.0. The van der Waals surface area contributed by atoms with Crippen LogP contribution in [0.15, 0.2) is 23.3 Å². The van der Waals surface area contributed by atoms with Gasteiger partial charge in [0.15, 0.2) is 0 Å². The van der Waals surface area contributed by atoms with Gasteiger partial charge in [-0.05, 0) is 19.1 Å². The van der Waals surface area contributed by atoms with Gasteiger partial charge in [-0.2, -0.15) is 5.10 Å². The molecule has 2 aliphatic heterocycles. The van der Waals surface area contributed by atoms with Crippen LogP contribution in [0.5, 0.6) is 0 Å². The quantitative estimate of drug-likeness (QED) is 0.805. The average Bonchev–Trinajstić information content (AvgIpc) is 2.66. The van der Waals surface area contributed by atoms with Crippen molar-refractivity contribution in [1.82, 2.24) is 15.2 Å². The Balaban J connectivity index is 1.79. The lowest BCUT2D eigenvalue weighted by Crippen LogP contribution is -2.48. The number of hydrogen-bond acceptors (Lipinski definition) is 5. The molecule has 9 heteroatoms. The highest BCUT2D eigenvalue weighted by molar-refractivity contribution is 6.39. The third kappa shape index (κ3) is 4.68. The number of halogens is 2. The van der Waals surface area contributed by atoms with Crippen LogP contribution in [0.3, 0.4) is 0 Å². The first-order chi connectivity index (χ1) is 13.4. The number of rotatable bonds is 5. The van der Waals surface area contributed by atoms with E-state index in [9.17, 15) is 14.0 Å². The van der Waals surface area contributed by atoms with E-state index < -0.39 is 11.9 Å². The Labute approximate surface area is 168 Å². The first-order valence-corrected chi connectivity index (χ1v) is 9.66. The summed E-state index contributed by atoms with van der Waals surface area (Å²) in [5, 5.41) is 8.36. The summed E-state index contributed by atoms with van der Waals surface area (Å²) < 4.78 is 20.2. The zero-order valence-corrected chi connectivity index (χ0v) is 16.7. The van der Waals surface area contributed by atoms with Crippen LogP contribution in [0.1, 0.15) is 31.4 Å². The number of hydrogen-bond donors (Lipinski definition) is 1. The predicted molar refractivity (Wildman–Crippen MR) is 104 cm³/mol. The van der Waals surface area contributed by atoms with E-state index in [-0.39, 0.29) is 43.0 Å². The summed E-state index contributed by atoms with van der Waals surface area (Å²) in [6.45, 7) is 3.85. The summed E-state index contributed by atoms with van der Waals surface area (Å²) in [5.41, 5.74) is 0.646. The summed E-state index contributed by atoms with van der Waals surface area (Å²) in [4.78, 5) is 26.2. The van der Waals surface area contributed by atoms with Crippen molar-refractivity contribution >= 4 is 29.1 Å². The fourth-order valence-corrected chi connectivity index (χ4v) is 3.78. The number of ether oxygens (including phenoxy) is 1. The van der Waals surface area contributed by atoms with Crippen LogP contribution in [-0.2, 0) is 14.3 Å². The molecule has 2 amide bonds. The number of amides is 2. The van der Waals surface area contributed by atoms with Crippen molar-refractivity contribution in [3.8, 4) is 0 Å². The van der Waals surface area contributed by atoms with Crippen LogP contribution in [0.25, 0.3) is 0 Å². The summed E-state index contributed by atoms with van der Waals surface area (Å²) in [6.07, 6.45) is 0.529. The maximum atomic E-state index is 14.6. The first kappa shape index (κ1) is 20.7. The molecule has 2 atom stereocenters. The second kappa shape index (κ2) is 8.98. The van der Waals surface area contributed by atoms with Crippen molar-refractivity contribution in [3.05, 3.63) is 34.6 Å². The van der Waals surface area contributed by atoms with Crippen molar-refractivity contribution in [1.29, 1.82) is 0 Å². The molecule has 0 aliphatic carbocycles. The van der Waals surface area contributed by atoms with Crippen molar-refractivity contribution in [2.75, 3.05) is 33.3 Å². The molecule has 152 valence electrons. The molecule has 0 saturated carbocycles. The van der Waals surface area contributed by atoms with E-state index >= 15 is 0 Å². The van der Waals surface area contributed by atoms with E-state index in [0.717, 1.165) is 0 Å². The SMILES string of the molecule is C[C@H]1CN([C@H](CNC(=O)C2=NN(C)C(=O)CC2)c2c(F)cccc2Cl)CCO1. The van der Waals surface area contributed by atoms with Crippen LogP contribution >= 0.6 is 11.6 Å². The fourth-order valence-electron chi connectivity index (χ4n) is 3.50. The smallest absolute Gasteiger partial charge is 0.267 e. The molecule has 0 aromatic heterocycles. The Bertz CT molecular complexity index is 768. The van der Waals surface area contributed by atoms with Crippen LogP contribution < -0.4 is 5.32 Å². The minimum atomic E-state index is -0.437. The molecule has 7 nitrogen and oxygen atoms in total. The number of carbonyl (C=O) groups is 2. The summed E-state index contributed by atoms with van der Waals surface area (Å²) in [7, 11) is 1.52. The summed E-state index contributed by atoms with van der Waals surface area (Å²) >= 11 is 6.30. The molecule has 1 aromatic carbocycles. The van der Waals surface area contributed by atoms with Gasteiger partial charge in [0.25, 0.3) is 5.91 Å². The predicted octanol–water partition coefficient (Wildman–Crippen LogP) is 1.97. The largest absolute Gasteiger partial charge is 0.376 e. The molecule has 2 aliphatic rings. The van der Waals surface area contributed by atoms with Gasteiger partial charge in [0, 0.05) is 50.1 Å². The lowest BCUT2D eigenvalue weighted by Gasteiger charge is -2.38. The van der Waals surface area contributed by atoms with Crippen LogP contribution in [0.2, 0.25) is 5.02 Å². The molecule has 0 spiro atoms. The van der Waals surface area contributed by atoms with E-state index in [0.29, 0.717) is 30.3 Å². The van der Waals surface area contributed by atoms with Gasteiger partial charge in [0.2, 0.25) is 5.91 Å². The van der Waals surface area contributed by atoms with Crippen molar-refractivity contribution in [3.63, 3.8) is 0 Å². The highest BCUT2D eigenvalue weighted by Gasteiger charge is 2.30. The third-order valence-corrected chi connectivity index (χ3v) is 5.30. The molecule has 3 rings (SSSR count). The number of morpholine rings is 1. The van der Waals surface area contributed by atoms with E-state index in [1.54, 1.807) is 12.1 Å². The van der Waals surface area contributed by atoms with Gasteiger partial charge in [-0.25, -0.2) is 9.40 Å². The molecule has 0 unspecified atom stereocenters. The maximum absolute atomic E-state index is 14.6. The number of nitrogens with zero attached hydrogens (tertiary/aromatic N) is 3. The number of nitrogens with one attached hydrogen (secondary N) is 1. The van der Waals surface area contributed by atoms with Gasteiger partial charge in [-0.1, -0.05) is 17.7 Å². The maximum Gasteiger partial charge on any atom is 0.267 e. The van der Waals surface area contributed by atoms with Gasteiger partial charge in [0.05, 0.1) is 18.8 Å². The normalized spacial score (nSPS) is 22.0. The Morgan fingerprint density at radius 1 is 1.46 bits per heavy atom. The van der Waals surface area contributed by atoms with Crippen LogP contribution in [0, 0.1) is 5.82 Å². The second-order valence-electron chi connectivity index (χ2n) is 7.00. The average molecular weight is 411 g/mol. The van der Waals surface area contributed by atoms with Crippen LogP contribution in [-0.4, -0.2) is 66.8 Å². The van der Waals surface area contributed by atoms with Crippen molar-refractivity contribution in [2.24, 2.45) is 5.10 Å². The molecule has 2 heterocycles. The molecule has 1 aromatic rings. The number of carbonyl (C=O) groups excluding carboxylic acids is 2. The fraction of sp³-hybridized carbons (Fsp3) is 0.526. The topological polar surface area (TPSA) is 74.2 Å². The van der Waals surface area contributed by atoms with E-state index in [1.807, 2.05) is 6.92 Å². The van der Waals surface area contributed by atoms with E-state index in [1.165, 1.54) is 18.1 Å². The Hall–Kier alpha value is -2.03. The molecule has 28 heavy (non-hydrogen) atoms. The zero-order chi connectivity index (χ0) is 20.3. The Morgan fingerprint density at radius 3 is 2.93 bits per heavy atom. The Morgan fingerprint density at radius 2 is 2.25 bits per heavy atom. The highest BCUT2D eigenvalue weighted by Crippen LogP contribution is 2.31. The Kier molecular flexibility index (Phi) is 6.64. The van der Waals surface area contributed by atoms with Gasteiger partial charge < -0.3 is 10.1 Å².